The van der Waals surface area contributed by atoms with E-state index in [0.29, 0.717) is 19.4 Å². The number of nitrogens with zero attached hydrogens (tertiary/aromatic N) is 1. The Morgan fingerprint density at radius 3 is 2.54 bits per heavy atom. The number of guanidine groups is 1. The van der Waals surface area contributed by atoms with E-state index in [1.165, 1.54) is 0 Å². The number of aliphatic carboxylic acids is 1. The molecule has 0 bridgehead atoms. The lowest BCUT2D eigenvalue weighted by atomic mass is 10.2. The summed E-state index contributed by atoms with van der Waals surface area (Å²) in [7, 11) is 1.74. The van der Waals surface area contributed by atoms with Crippen molar-refractivity contribution in [3.05, 3.63) is 0 Å². The first-order valence-corrected chi connectivity index (χ1v) is 4.08. The minimum absolute atomic E-state index is 0.231. The molecule has 13 heavy (non-hydrogen) atoms. The smallest absolute Gasteiger partial charge is 0.340 e. The van der Waals surface area contributed by atoms with E-state index in [-0.39, 0.29) is 5.96 Å². The van der Waals surface area contributed by atoms with E-state index in [1.54, 1.807) is 11.6 Å². The highest BCUT2D eigenvalue weighted by molar-refractivity contribution is 5.70. The Kier molecular flexibility index (Phi) is 4.83. The molecular weight excluding hydrogens is 172 g/mol. The second kappa shape index (κ2) is 5.36. The average Bonchev–Trinajstić information content (AvgIpc) is 2.03. The quantitative estimate of drug-likeness (QED) is 0.232. The highest BCUT2D eigenvalue weighted by Crippen LogP contribution is 1.91. The summed E-state index contributed by atoms with van der Waals surface area (Å²) in [6.45, 7) is 0.627. The molecule has 0 amide bonds. The third-order valence-corrected chi connectivity index (χ3v) is 1.82. The number of hydrogen-bond donors (Lipinski definition) is 3. The van der Waals surface area contributed by atoms with Crippen LogP contribution in [-0.2, 0) is 4.79 Å². The number of carboxylic acids is 1. The summed E-state index contributed by atoms with van der Waals surface area (Å²) in [5.41, 5.74) is 14.0. The molecule has 7 N–H and O–H groups in total. The molecule has 0 unspecified atom stereocenters. The predicted octanol–water partition coefficient (Wildman–Crippen LogP) is -3.96. The van der Waals surface area contributed by atoms with E-state index in [0.717, 1.165) is 0 Å². The van der Waals surface area contributed by atoms with Gasteiger partial charge in [0.25, 0.3) is 0 Å². The van der Waals surface area contributed by atoms with Gasteiger partial charge in [-0.1, -0.05) is 0 Å². The monoisotopic (exact) mass is 189 g/mol. The van der Waals surface area contributed by atoms with Crippen molar-refractivity contribution >= 4 is 11.9 Å². The lowest BCUT2D eigenvalue weighted by Gasteiger charge is -2.08. The number of carbonyl (C=O) groups is 1. The predicted molar refractivity (Wildman–Crippen MR) is 45.4 cm³/mol. The Labute approximate surface area is 77.0 Å². The van der Waals surface area contributed by atoms with Gasteiger partial charge in [0.15, 0.2) is 0 Å². The summed E-state index contributed by atoms with van der Waals surface area (Å²) in [4.78, 5) is 10.3. The van der Waals surface area contributed by atoms with Gasteiger partial charge < -0.3 is 15.6 Å². The molecule has 0 saturated carbocycles. The Morgan fingerprint density at radius 2 is 2.15 bits per heavy atom. The van der Waals surface area contributed by atoms with Crippen LogP contribution in [0.15, 0.2) is 0 Å². The van der Waals surface area contributed by atoms with Crippen LogP contribution in [0.25, 0.3) is 0 Å². The van der Waals surface area contributed by atoms with E-state index in [9.17, 15) is 9.90 Å². The van der Waals surface area contributed by atoms with Gasteiger partial charge in [-0.25, -0.2) is 0 Å². The maximum atomic E-state index is 10.3. The van der Waals surface area contributed by atoms with Gasteiger partial charge >= 0.3 is 5.96 Å². The second-order valence-corrected chi connectivity index (χ2v) is 3.00. The molecule has 0 rings (SSSR count). The van der Waals surface area contributed by atoms with E-state index >= 15 is 0 Å². The van der Waals surface area contributed by atoms with Crippen LogP contribution in [0.3, 0.4) is 0 Å². The average molecular weight is 189 g/mol. The van der Waals surface area contributed by atoms with E-state index in [4.69, 9.17) is 11.5 Å². The Morgan fingerprint density at radius 1 is 1.62 bits per heavy atom. The zero-order valence-electron chi connectivity index (χ0n) is 7.82. The molecule has 6 nitrogen and oxygen atoms in total. The molecule has 0 heterocycles. The Hall–Kier alpha value is -1.30. The molecule has 0 spiro atoms. The van der Waals surface area contributed by atoms with Crippen molar-refractivity contribution in [3.8, 4) is 0 Å². The van der Waals surface area contributed by atoms with Gasteiger partial charge in [0.2, 0.25) is 0 Å². The molecule has 76 valence electrons. The first kappa shape index (κ1) is 11.7. The maximum absolute atomic E-state index is 10.3. The third kappa shape index (κ3) is 5.02. The zero-order valence-corrected chi connectivity index (χ0v) is 7.82. The fourth-order valence-corrected chi connectivity index (χ4v) is 0.822. The van der Waals surface area contributed by atoms with Gasteiger partial charge in [-0.15, -0.1) is 0 Å². The van der Waals surface area contributed by atoms with Gasteiger partial charge in [-0.3, -0.25) is 16.0 Å². The van der Waals surface area contributed by atoms with Crippen molar-refractivity contribution in [2.75, 3.05) is 13.6 Å². The fraction of sp³-hybridized carbons (Fsp3) is 0.714. The minimum Gasteiger partial charge on any atom is -0.544 e. The highest BCUT2D eigenvalue weighted by Gasteiger charge is 2.07. The second-order valence-electron chi connectivity index (χ2n) is 3.00. The van der Waals surface area contributed by atoms with Crippen molar-refractivity contribution in [1.82, 2.24) is 0 Å². The summed E-state index contributed by atoms with van der Waals surface area (Å²) < 4.78 is 1.65. The van der Waals surface area contributed by atoms with E-state index < -0.39 is 12.0 Å². The standard InChI is InChI=1S/C7H16N4O2/c1-11(7(9)10)4-2-3-5(8)6(12)13/h5H,2-4,8H2,1H3,(H4,9,10,12,13)/p+1/t5-/m0/s1. The van der Waals surface area contributed by atoms with Gasteiger partial charge in [0.05, 0.1) is 19.6 Å². The van der Waals surface area contributed by atoms with Crippen LogP contribution >= 0.6 is 0 Å². The fourth-order valence-electron chi connectivity index (χ4n) is 0.822. The van der Waals surface area contributed by atoms with Crippen molar-refractivity contribution in [1.29, 1.82) is 0 Å². The number of quaternary nitrogens is 1. The molecule has 0 saturated heterocycles. The lowest BCUT2D eigenvalue weighted by Crippen LogP contribution is -2.68. The molecular formula is C7H17N4O2+. The molecule has 6 heteroatoms. The van der Waals surface area contributed by atoms with Gasteiger partial charge in [0.1, 0.15) is 6.04 Å². The Balaban J connectivity index is 3.69. The van der Waals surface area contributed by atoms with Crippen LogP contribution < -0.4 is 22.3 Å². The minimum atomic E-state index is -1.12. The van der Waals surface area contributed by atoms with Gasteiger partial charge in [-0.05, 0) is 6.42 Å². The summed E-state index contributed by atoms with van der Waals surface area (Å²) in [5.74, 6) is -0.888. The molecule has 0 aliphatic rings. The number of carbonyl (C=O) groups excluding carboxylic acids is 1. The molecule has 0 aliphatic carbocycles. The summed E-state index contributed by atoms with van der Waals surface area (Å²) in [5, 5.41) is 10.3. The summed E-state index contributed by atoms with van der Waals surface area (Å²) in [6, 6.07) is -0.660. The largest absolute Gasteiger partial charge is 0.544 e. The number of nitrogens with two attached hydrogens (primary N) is 2. The zero-order chi connectivity index (χ0) is 10.4. The molecule has 0 aromatic heterocycles. The topological polar surface area (TPSA) is 123 Å². The SMILES string of the molecule is C[N+](CCC[C@H]([NH3+])C(=O)[O-])=C(N)N. The normalized spacial score (nSPS) is 12.2. The van der Waals surface area contributed by atoms with Crippen LogP contribution in [0, 0.1) is 0 Å². The molecule has 1 atom stereocenters. The van der Waals surface area contributed by atoms with Crippen molar-refractivity contribution in [3.63, 3.8) is 0 Å². The first-order chi connectivity index (χ1) is 5.95. The lowest BCUT2D eigenvalue weighted by molar-refractivity contribution is -0.502. The van der Waals surface area contributed by atoms with Crippen molar-refractivity contribution in [2.24, 2.45) is 11.5 Å². The van der Waals surface area contributed by atoms with Crippen LogP contribution in [-0.4, -0.2) is 36.1 Å². The van der Waals surface area contributed by atoms with Gasteiger partial charge in [0, 0.05) is 6.42 Å². The van der Waals surface area contributed by atoms with E-state index in [2.05, 4.69) is 5.73 Å². The van der Waals surface area contributed by atoms with Crippen molar-refractivity contribution in [2.45, 2.75) is 18.9 Å². The number of hydrogen-bond acceptors (Lipinski definition) is 2. The van der Waals surface area contributed by atoms with Gasteiger partial charge in [-0.2, -0.15) is 0 Å². The number of rotatable bonds is 5. The van der Waals surface area contributed by atoms with Crippen LogP contribution in [0.4, 0.5) is 0 Å². The summed E-state index contributed by atoms with van der Waals surface area (Å²) >= 11 is 0. The number of carboxylic acid groups (broad SMARTS) is 1. The van der Waals surface area contributed by atoms with Crippen LogP contribution in [0.2, 0.25) is 0 Å². The maximum Gasteiger partial charge on any atom is 0.340 e. The molecule has 0 aliphatic heterocycles. The van der Waals surface area contributed by atoms with Crippen molar-refractivity contribution < 1.29 is 20.2 Å². The first-order valence-electron chi connectivity index (χ1n) is 4.08. The van der Waals surface area contributed by atoms with Crippen LogP contribution in [0.1, 0.15) is 12.8 Å². The van der Waals surface area contributed by atoms with E-state index in [1.807, 2.05) is 0 Å². The molecule has 0 aromatic rings. The molecule has 0 fully saturated rings. The molecule has 0 aromatic carbocycles. The van der Waals surface area contributed by atoms with Crippen LogP contribution in [0.5, 0.6) is 0 Å². The highest BCUT2D eigenvalue weighted by atomic mass is 16.4. The Bertz CT molecular complexity index is 211. The third-order valence-electron chi connectivity index (χ3n) is 1.82. The molecule has 0 radical (unpaired) electrons. The summed E-state index contributed by atoms with van der Waals surface area (Å²) in [6.07, 6.45) is 1.15.